The second-order valence-electron chi connectivity index (χ2n) is 2.66. The predicted octanol–water partition coefficient (Wildman–Crippen LogP) is 1.74. The predicted molar refractivity (Wildman–Crippen MR) is 59.0 cm³/mol. The van der Waals surface area contributed by atoms with Gasteiger partial charge in [-0.2, -0.15) is 0 Å². The Morgan fingerprint density at radius 3 is 2.64 bits per heavy atom. The summed E-state index contributed by atoms with van der Waals surface area (Å²) in [7, 11) is 1.54. The van der Waals surface area contributed by atoms with Crippen LogP contribution >= 0.6 is 31.9 Å². The number of rotatable bonds is 2. The molecule has 6 heteroatoms. The minimum atomic E-state index is -1.22. The maximum atomic E-state index is 11.5. The molecule has 0 saturated heterocycles. The fourth-order valence-corrected chi connectivity index (χ4v) is 2.73. The van der Waals surface area contributed by atoms with Crippen molar-refractivity contribution in [2.45, 2.75) is 5.33 Å². The monoisotopic (exact) mass is 323 g/mol. The van der Waals surface area contributed by atoms with Crippen LogP contribution in [0.15, 0.2) is 15.3 Å². The Labute approximate surface area is 96.8 Å². The number of alkyl halides is 1. The molecule has 0 amide bonds. The van der Waals surface area contributed by atoms with Crippen LogP contribution in [0.25, 0.3) is 0 Å². The third kappa shape index (κ3) is 1.90. The molecule has 0 atom stereocenters. The number of nitrogens with zero attached hydrogens (tertiary/aromatic N) is 1. The molecule has 0 aliphatic heterocycles. The third-order valence-corrected chi connectivity index (χ3v) is 3.06. The summed E-state index contributed by atoms with van der Waals surface area (Å²) in [6.45, 7) is 0. The maximum Gasteiger partial charge on any atom is 0.341 e. The van der Waals surface area contributed by atoms with Crippen LogP contribution in [0, 0.1) is 0 Å². The summed E-state index contributed by atoms with van der Waals surface area (Å²) in [6, 6.07) is 1.32. The van der Waals surface area contributed by atoms with Gasteiger partial charge in [0.25, 0.3) is 5.56 Å². The molecule has 0 saturated carbocycles. The van der Waals surface area contributed by atoms with Gasteiger partial charge in [0.05, 0.1) is 0 Å². The first kappa shape index (κ1) is 11.5. The van der Waals surface area contributed by atoms with Gasteiger partial charge >= 0.3 is 5.97 Å². The third-order valence-electron chi connectivity index (χ3n) is 1.84. The van der Waals surface area contributed by atoms with Crippen molar-refractivity contribution in [3.8, 4) is 0 Å². The van der Waals surface area contributed by atoms with Crippen molar-refractivity contribution in [2.75, 3.05) is 0 Å². The molecule has 0 aliphatic carbocycles. The Morgan fingerprint density at radius 1 is 1.64 bits per heavy atom. The molecule has 1 rings (SSSR count). The zero-order valence-electron chi connectivity index (χ0n) is 7.25. The van der Waals surface area contributed by atoms with Crippen LogP contribution in [0.2, 0.25) is 0 Å². The fraction of sp³-hybridized carbons (Fsp3) is 0.250. The number of carbonyl (C=O) groups is 1. The molecule has 1 aromatic heterocycles. The summed E-state index contributed by atoms with van der Waals surface area (Å²) in [5, 5.41) is 9.22. The molecule has 0 aliphatic rings. The molecule has 1 N–H and O–H groups in total. The van der Waals surface area contributed by atoms with Gasteiger partial charge in [0, 0.05) is 22.5 Å². The summed E-state index contributed by atoms with van der Waals surface area (Å²) in [6.07, 6.45) is 0. The number of carboxylic acid groups (broad SMARTS) is 1. The van der Waals surface area contributed by atoms with Crippen molar-refractivity contribution >= 4 is 37.8 Å². The van der Waals surface area contributed by atoms with Crippen molar-refractivity contribution in [1.29, 1.82) is 0 Å². The van der Waals surface area contributed by atoms with E-state index in [2.05, 4.69) is 31.9 Å². The molecule has 0 aromatic carbocycles. The molecule has 14 heavy (non-hydrogen) atoms. The van der Waals surface area contributed by atoms with E-state index < -0.39 is 11.5 Å². The molecule has 0 radical (unpaired) electrons. The lowest BCUT2D eigenvalue weighted by atomic mass is 10.2. The van der Waals surface area contributed by atoms with E-state index in [0.29, 0.717) is 15.5 Å². The first-order chi connectivity index (χ1) is 6.49. The first-order valence-corrected chi connectivity index (χ1v) is 5.58. The normalized spacial score (nSPS) is 10.2. The SMILES string of the molecule is Cn1c(CBr)c(Br)cc(C(=O)O)c1=O. The highest BCUT2D eigenvalue weighted by Gasteiger charge is 2.14. The Balaban J connectivity index is 3.56. The van der Waals surface area contributed by atoms with Crippen molar-refractivity contribution in [2.24, 2.45) is 7.05 Å². The van der Waals surface area contributed by atoms with Crippen LogP contribution in [0.3, 0.4) is 0 Å². The van der Waals surface area contributed by atoms with Crippen LogP contribution < -0.4 is 5.56 Å². The molecule has 0 fully saturated rings. The van der Waals surface area contributed by atoms with Crippen LogP contribution in [-0.4, -0.2) is 15.6 Å². The number of halogens is 2. The van der Waals surface area contributed by atoms with Gasteiger partial charge in [-0.25, -0.2) is 4.79 Å². The summed E-state index contributed by atoms with van der Waals surface area (Å²) in [5.41, 5.74) is -0.0285. The molecule has 1 aromatic rings. The molecular formula is C8H7Br2NO3. The van der Waals surface area contributed by atoms with E-state index in [9.17, 15) is 9.59 Å². The molecule has 4 nitrogen and oxygen atoms in total. The van der Waals surface area contributed by atoms with Gasteiger partial charge < -0.3 is 9.67 Å². The van der Waals surface area contributed by atoms with E-state index in [1.165, 1.54) is 17.7 Å². The fourth-order valence-electron chi connectivity index (χ4n) is 1.04. The minimum Gasteiger partial charge on any atom is -0.477 e. The van der Waals surface area contributed by atoms with E-state index in [0.717, 1.165) is 0 Å². The van der Waals surface area contributed by atoms with Gasteiger partial charge in [-0.1, -0.05) is 15.9 Å². The summed E-state index contributed by atoms with van der Waals surface area (Å²) >= 11 is 6.43. The number of aromatic carboxylic acids is 1. The zero-order valence-corrected chi connectivity index (χ0v) is 10.4. The topological polar surface area (TPSA) is 59.3 Å². The molecule has 0 spiro atoms. The van der Waals surface area contributed by atoms with Gasteiger partial charge in [0.2, 0.25) is 0 Å². The molecule has 1 heterocycles. The number of hydrogen-bond acceptors (Lipinski definition) is 2. The van der Waals surface area contributed by atoms with E-state index in [4.69, 9.17) is 5.11 Å². The number of aromatic nitrogens is 1. The van der Waals surface area contributed by atoms with Crippen LogP contribution in [-0.2, 0) is 12.4 Å². The molecule has 76 valence electrons. The van der Waals surface area contributed by atoms with E-state index in [-0.39, 0.29) is 5.56 Å². The van der Waals surface area contributed by atoms with Gasteiger partial charge in [-0.15, -0.1) is 0 Å². The zero-order chi connectivity index (χ0) is 10.9. The molecular weight excluding hydrogens is 318 g/mol. The van der Waals surface area contributed by atoms with Crippen LogP contribution in [0.4, 0.5) is 0 Å². The summed E-state index contributed by atoms with van der Waals surface area (Å²) in [5.74, 6) is -1.22. The van der Waals surface area contributed by atoms with E-state index in [1.54, 1.807) is 0 Å². The van der Waals surface area contributed by atoms with Crippen molar-refractivity contribution in [3.63, 3.8) is 0 Å². The van der Waals surface area contributed by atoms with Gasteiger partial charge in [0.15, 0.2) is 0 Å². The van der Waals surface area contributed by atoms with E-state index in [1.807, 2.05) is 0 Å². The quantitative estimate of drug-likeness (QED) is 0.843. The van der Waals surface area contributed by atoms with Crippen molar-refractivity contribution in [1.82, 2.24) is 4.57 Å². The Morgan fingerprint density at radius 2 is 2.21 bits per heavy atom. The first-order valence-electron chi connectivity index (χ1n) is 3.66. The lowest BCUT2D eigenvalue weighted by molar-refractivity contribution is 0.0694. The average molecular weight is 325 g/mol. The van der Waals surface area contributed by atoms with Gasteiger partial charge in [-0.05, 0) is 22.0 Å². The van der Waals surface area contributed by atoms with Crippen molar-refractivity contribution in [3.05, 3.63) is 32.2 Å². The standard InChI is InChI=1S/C8H7Br2NO3/c1-11-6(3-9)5(10)2-4(7(11)12)8(13)14/h2H,3H2,1H3,(H,13,14). The molecule has 0 bridgehead atoms. The number of hydrogen-bond donors (Lipinski definition) is 1. The Kier molecular flexibility index (Phi) is 3.49. The maximum absolute atomic E-state index is 11.5. The minimum absolute atomic E-state index is 0.232. The second-order valence-corrected chi connectivity index (χ2v) is 4.07. The highest BCUT2D eigenvalue weighted by Crippen LogP contribution is 2.18. The van der Waals surface area contributed by atoms with Crippen molar-refractivity contribution < 1.29 is 9.90 Å². The Bertz CT molecular complexity index is 439. The highest BCUT2D eigenvalue weighted by molar-refractivity contribution is 9.10. The number of carboxylic acids is 1. The largest absolute Gasteiger partial charge is 0.477 e. The Hall–Kier alpha value is -0.620. The van der Waals surface area contributed by atoms with Gasteiger partial charge in [-0.3, -0.25) is 4.79 Å². The van der Waals surface area contributed by atoms with Crippen LogP contribution in [0.1, 0.15) is 16.1 Å². The van der Waals surface area contributed by atoms with Gasteiger partial charge in [0.1, 0.15) is 5.56 Å². The lowest BCUT2D eigenvalue weighted by Crippen LogP contribution is -2.26. The van der Waals surface area contributed by atoms with E-state index >= 15 is 0 Å². The lowest BCUT2D eigenvalue weighted by Gasteiger charge is -2.08. The second kappa shape index (κ2) is 4.27. The highest BCUT2D eigenvalue weighted by atomic mass is 79.9. The summed E-state index contributed by atoms with van der Waals surface area (Å²) in [4.78, 5) is 22.2. The summed E-state index contributed by atoms with van der Waals surface area (Å²) < 4.78 is 1.91. The molecule has 0 unspecified atom stereocenters. The average Bonchev–Trinajstić information content (AvgIpc) is 2.12. The smallest absolute Gasteiger partial charge is 0.341 e. The van der Waals surface area contributed by atoms with Crippen LogP contribution in [0.5, 0.6) is 0 Å². The number of pyridine rings is 1.